The van der Waals surface area contributed by atoms with E-state index in [0.717, 1.165) is 0 Å². The predicted molar refractivity (Wildman–Crippen MR) is 67.7 cm³/mol. The van der Waals surface area contributed by atoms with Gasteiger partial charge in [0.1, 0.15) is 5.54 Å². The molecule has 0 aliphatic carbocycles. The number of rotatable bonds is 5. The second kappa shape index (κ2) is 5.53. The number of esters is 1. The maximum atomic E-state index is 11.4. The monoisotopic (exact) mass is 251 g/mol. The Hall–Kier alpha value is -2.04. The Kier molecular flexibility index (Phi) is 4.31. The van der Waals surface area contributed by atoms with Crippen LogP contribution in [0, 0.1) is 0 Å². The molecule has 5 nitrogen and oxygen atoms in total. The highest BCUT2D eigenvalue weighted by atomic mass is 16.5. The molecular weight excluding hydrogens is 234 g/mol. The molecule has 18 heavy (non-hydrogen) atoms. The number of aliphatic carboxylic acids is 1. The van der Waals surface area contributed by atoms with Crippen LogP contribution in [0.1, 0.15) is 31.1 Å². The Balaban J connectivity index is 2.78. The van der Waals surface area contributed by atoms with Crippen molar-refractivity contribution in [1.29, 1.82) is 0 Å². The van der Waals surface area contributed by atoms with E-state index in [1.807, 2.05) is 0 Å². The molecule has 0 fully saturated rings. The fourth-order valence-electron chi connectivity index (χ4n) is 1.32. The second-order valence-corrected chi connectivity index (χ2v) is 4.35. The van der Waals surface area contributed by atoms with Crippen LogP contribution in [0.4, 0.5) is 5.69 Å². The maximum absolute atomic E-state index is 11.4. The van der Waals surface area contributed by atoms with Crippen molar-refractivity contribution in [3.8, 4) is 0 Å². The number of nitrogens with one attached hydrogen (secondary N) is 1. The highest BCUT2D eigenvalue weighted by molar-refractivity contribution is 5.90. The van der Waals surface area contributed by atoms with Gasteiger partial charge >= 0.3 is 11.9 Å². The zero-order chi connectivity index (χ0) is 13.8. The van der Waals surface area contributed by atoms with Gasteiger partial charge in [-0.3, -0.25) is 0 Å². The van der Waals surface area contributed by atoms with Crippen molar-refractivity contribution in [2.75, 3.05) is 11.9 Å². The molecule has 0 unspecified atom stereocenters. The normalized spacial score (nSPS) is 10.8. The van der Waals surface area contributed by atoms with Gasteiger partial charge in [0.2, 0.25) is 0 Å². The predicted octanol–water partition coefficient (Wildman–Crippen LogP) is 2.14. The third-order valence-electron chi connectivity index (χ3n) is 2.39. The minimum Gasteiger partial charge on any atom is -0.480 e. The number of anilines is 1. The first-order valence-corrected chi connectivity index (χ1v) is 5.65. The van der Waals surface area contributed by atoms with Crippen LogP contribution < -0.4 is 5.32 Å². The Labute approximate surface area is 106 Å². The molecule has 0 atom stereocenters. The first-order valence-electron chi connectivity index (χ1n) is 5.65. The van der Waals surface area contributed by atoms with E-state index in [1.54, 1.807) is 45.0 Å². The smallest absolute Gasteiger partial charge is 0.338 e. The fourth-order valence-corrected chi connectivity index (χ4v) is 1.32. The molecule has 98 valence electrons. The zero-order valence-electron chi connectivity index (χ0n) is 10.7. The molecule has 0 radical (unpaired) electrons. The van der Waals surface area contributed by atoms with Crippen molar-refractivity contribution < 1.29 is 19.4 Å². The summed E-state index contributed by atoms with van der Waals surface area (Å²) in [6.45, 7) is 5.19. The quantitative estimate of drug-likeness (QED) is 0.784. The standard InChI is InChI=1S/C13H17NO4/c1-4-18-11(15)9-5-7-10(8-6-9)14-13(2,3)12(16)17/h5-8,14H,4H2,1-3H3,(H,16,17). The topological polar surface area (TPSA) is 75.6 Å². The summed E-state index contributed by atoms with van der Waals surface area (Å²) in [5.74, 6) is -1.33. The lowest BCUT2D eigenvalue weighted by atomic mass is 10.1. The van der Waals surface area contributed by atoms with Crippen LogP contribution in [0.15, 0.2) is 24.3 Å². The molecule has 0 amide bonds. The van der Waals surface area contributed by atoms with Gasteiger partial charge in [-0.25, -0.2) is 9.59 Å². The van der Waals surface area contributed by atoms with Gasteiger partial charge in [-0.1, -0.05) is 0 Å². The molecule has 0 aromatic heterocycles. The summed E-state index contributed by atoms with van der Waals surface area (Å²) in [7, 11) is 0. The molecule has 0 aliphatic rings. The first-order chi connectivity index (χ1) is 8.36. The van der Waals surface area contributed by atoms with Crippen LogP contribution in [-0.2, 0) is 9.53 Å². The SMILES string of the molecule is CCOC(=O)c1ccc(NC(C)(C)C(=O)O)cc1. The summed E-state index contributed by atoms with van der Waals surface area (Å²) >= 11 is 0. The molecule has 0 aliphatic heterocycles. The third kappa shape index (κ3) is 3.48. The van der Waals surface area contributed by atoms with Crippen molar-refractivity contribution in [3.63, 3.8) is 0 Å². The van der Waals surface area contributed by atoms with Crippen LogP contribution in [0.3, 0.4) is 0 Å². The highest BCUT2D eigenvalue weighted by Gasteiger charge is 2.26. The number of carbonyl (C=O) groups excluding carboxylic acids is 1. The molecular formula is C13H17NO4. The Morgan fingerprint density at radius 3 is 2.28 bits per heavy atom. The molecule has 2 N–H and O–H groups in total. The Morgan fingerprint density at radius 2 is 1.83 bits per heavy atom. The fraction of sp³-hybridized carbons (Fsp3) is 0.385. The minimum absolute atomic E-state index is 0.324. The number of hydrogen-bond acceptors (Lipinski definition) is 4. The number of carboxylic acids is 1. The van der Waals surface area contributed by atoms with Gasteiger partial charge in [0.05, 0.1) is 12.2 Å². The number of hydrogen-bond donors (Lipinski definition) is 2. The van der Waals surface area contributed by atoms with Crippen molar-refractivity contribution >= 4 is 17.6 Å². The largest absolute Gasteiger partial charge is 0.480 e. The number of carboxylic acid groups (broad SMARTS) is 1. The number of benzene rings is 1. The van der Waals surface area contributed by atoms with Crippen LogP contribution in [0.2, 0.25) is 0 Å². The molecule has 0 spiro atoms. The van der Waals surface area contributed by atoms with E-state index in [9.17, 15) is 9.59 Å². The van der Waals surface area contributed by atoms with Crippen molar-refractivity contribution in [3.05, 3.63) is 29.8 Å². The Bertz CT molecular complexity index is 437. The minimum atomic E-state index is -1.06. The van der Waals surface area contributed by atoms with Crippen molar-refractivity contribution in [2.45, 2.75) is 26.3 Å². The van der Waals surface area contributed by atoms with Gasteiger partial charge in [-0.2, -0.15) is 0 Å². The third-order valence-corrected chi connectivity index (χ3v) is 2.39. The summed E-state index contributed by atoms with van der Waals surface area (Å²) in [4.78, 5) is 22.4. The van der Waals surface area contributed by atoms with E-state index in [-0.39, 0.29) is 5.97 Å². The molecule has 0 heterocycles. The summed E-state index contributed by atoms with van der Waals surface area (Å²) in [5, 5.41) is 11.8. The first kappa shape index (κ1) is 14.0. The van der Waals surface area contributed by atoms with Gasteiger partial charge in [-0.15, -0.1) is 0 Å². The summed E-state index contributed by atoms with van der Waals surface area (Å²) in [6, 6.07) is 6.49. The molecule has 0 saturated carbocycles. The lowest BCUT2D eigenvalue weighted by Crippen LogP contribution is -2.39. The van der Waals surface area contributed by atoms with E-state index in [4.69, 9.17) is 9.84 Å². The Morgan fingerprint density at radius 1 is 1.28 bits per heavy atom. The summed E-state index contributed by atoms with van der Waals surface area (Å²) in [5.41, 5.74) is 0.0109. The van der Waals surface area contributed by atoms with Gasteiger partial charge in [0.25, 0.3) is 0 Å². The molecule has 0 saturated heterocycles. The van der Waals surface area contributed by atoms with Gasteiger partial charge in [-0.05, 0) is 45.0 Å². The summed E-state index contributed by atoms with van der Waals surface area (Å²) < 4.78 is 4.85. The lowest BCUT2D eigenvalue weighted by Gasteiger charge is -2.22. The van der Waals surface area contributed by atoms with E-state index in [2.05, 4.69) is 5.32 Å². The molecule has 1 aromatic carbocycles. The zero-order valence-corrected chi connectivity index (χ0v) is 10.7. The van der Waals surface area contributed by atoms with E-state index in [0.29, 0.717) is 17.9 Å². The van der Waals surface area contributed by atoms with Crippen LogP contribution in [0.5, 0.6) is 0 Å². The maximum Gasteiger partial charge on any atom is 0.338 e. The molecule has 5 heteroatoms. The van der Waals surface area contributed by atoms with E-state index < -0.39 is 11.5 Å². The van der Waals surface area contributed by atoms with Crippen LogP contribution >= 0.6 is 0 Å². The average molecular weight is 251 g/mol. The molecule has 0 bridgehead atoms. The van der Waals surface area contributed by atoms with E-state index >= 15 is 0 Å². The van der Waals surface area contributed by atoms with Gasteiger partial charge < -0.3 is 15.2 Å². The van der Waals surface area contributed by atoms with Crippen LogP contribution in [0.25, 0.3) is 0 Å². The molecule has 1 rings (SSSR count). The molecule has 1 aromatic rings. The lowest BCUT2D eigenvalue weighted by molar-refractivity contribution is -0.141. The van der Waals surface area contributed by atoms with Crippen molar-refractivity contribution in [2.24, 2.45) is 0 Å². The average Bonchev–Trinajstić information content (AvgIpc) is 2.29. The van der Waals surface area contributed by atoms with E-state index in [1.165, 1.54) is 0 Å². The highest BCUT2D eigenvalue weighted by Crippen LogP contribution is 2.16. The summed E-state index contributed by atoms with van der Waals surface area (Å²) in [6.07, 6.45) is 0. The van der Waals surface area contributed by atoms with Crippen LogP contribution in [-0.4, -0.2) is 29.2 Å². The number of carbonyl (C=O) groups is 2. The van der Waals surface area contributed by atoms with Gasteiger partial charge in [0, 0.05) is 5.69 Å². The second-order valence-electron chi connectivity index (χ2n) is 4.35. The number of ether oxygens (including phenoxy) is 1. The van der Waals surface area contributed by atoms with Crippen molar-refractivity contribution in [1.82, 2.24) is 0 Å². The van der Waals surface area contributed by atoms with Gasteiger partial charge in [0.15, 0.2) is 0 Å².